The normalized spacial score (nSPS) is 11.7. The van der Waals surface area contributed by atoms with Gasteiger partial charge in [-0.15, -0.1) is 5.10 Å². The van der Waals surface area contributed by atoms with Crippen molar-refractivity contribution < 1.29 is 18.1 Å². The summed E-state index contributed by atoms with van der Waals surface area (Å²) in [5, 5.41) is 16.6. The number of H-pyrrole nitrogens is 1. The van der Waals surface area contributed by atoms with Gasteiger partial charge in [0, 0.05) is 7.05 Å². The zero-order valence-corrected chi connectivity index (χ0v) is 13.7. The highest BCUT2D eigenvalue weighted by Gasteiger charge is 2.35. The summed E-state index contributed by atoms with van der Waals surface area (Å²) in [6.07, 6.45) is -3.52. The van der Waals surface area contributed by atoms with Crippen molar-refractivity contribution >= 4 is 17.6 Å². The molecule has 3 aromatic rings. The Morgan fingerprint density at radius 3 is 2.65 bits per heavy atom. The van der Waals surface area contributed by atoms with Crippen LogP contribution in [0.15, 0.2) is 45.6 Å². The molecule has 0 fully saturated rings. The third-order valence-corrected chi connectivity index (χ3v) is 4.44. The van der Waals surface area contributed by atoms with Crippen LogP contribution >= 0.6 is 11.8 Å². The lowest BCUT2D eigenvalue weighted by Crippen LogP contribution is -2.20. The predicted octanol–water partition coefficient (Wildman–Crippen LogP) is 2.37. The van der Waals surface area contributed by atoms with Crippen LogP contribution in [0, 0.1) is 10.1 Å². The molecule has 2 aromatic heterocycles. The Hall–Kier alpha value is -3.09. The van der Waals surface area contributed by atoms with E-state index >= 15 is 0 Å². The lowest BCUT2D eigenvalue weighted by Gasteiger charge is -2.13. The summed E-state index contributed by atoms with van der Waals surface area (Å²) in [6, 6.07) is 4.47. The summed E-state index contributed by atoms with van der Waals surface area (Å²) < 4.78 is 41.8. The van der Waals surface area contributed by atoms with Crippen molar-refractivity contribution in [1.29, 1.82) is 0 Å². The number of nitrogens with zero attached hydrogens (tertiary/aromatic N) is 5. The van der Waals surface area contributed by atoms with Gasteiger partial charge >= 0.3 is 17.7 Å². The van der Waals surface area contributed by atoms with E-state index in [-0.39, 0.29) is 10.2 Å². The molecule has 26 heavy (non-hydrogen) atoms. The third kappa shape index (κ3) is 3.08. The minimum absolute atomic E-state index is 0.0136. The minimum atomic E-state index is -4.70. The molecular formula is C13H9F3N6O3S. The van der Waals surface area contributed by atoms with E-state index in [1.54, 1.807) is 0 Å². The summed E-state index contributed by atoms with van der Waals surface area (Å²) in [5.41, 5.74) is -2.38. The highest BCUT2D eigenvalue weighted by atomic mass is 32.2. The molecule has 0 aliphatic carbocycles. The molecule has 0 unspecified atom stereocenters. The fourth-order valence-corrected chi connectivity index (χ4v) is 3.15. The summed E-state index contributed by atoms with van der Waals surface area (Å²) in [4.78, 5) is 26.0. The Morgan fingerprint density at radius 1 is 1.31 bits per heavy atom. The molecule has 2 heterocycles. The van der Waals surface area contributed by atoms with Crippen LogP contribution in [0.25, 0.3) is 5.69 Å². The zero-order chi connectivity index (χ0) is 19.1. The number of para-hydroxylation sites is 1. The molecule has 0 amide bonds. The van der Waals surface area contributed by atoms with Crippen molar-refractivity contribution in [2.45, 2.75) is 16.4 Å². The molecule has 0 spiro atoms. The average molecular weight is 386 g/mol. The zero-order valence-electron chi connectivity index (χ0n) is 12.9. The number of rotatable bonds is 4. The number of hydrogen-bond donors (Lipinski definition) is 1. The summed E-state index contributed by atoms with van der Waals surface area (Å²) >= 11 is 0.650. The van der Waals surface area contributed by atoms with Crippen LogP contribution in [0.3, 0.4) is 0 Å². The largest absolute Gasteiger partial charge is 0.418 e. The SMILES string of the molecule is Cn1cnc([N+](=O)[O-])c1Sc1n[nH]c(=O)n1-c1ccccc1C(F)(F)F. The van der Waals surface area contributed by atoms with Gasteiger partial charge in [-0.05, 0) is 33.8 Å². The van der Waals surface area contributed by atoms with Gasteiger partial charge < -0.3 is 14.7 Å². The number of nitro groups is 1. The fraction of sp³-hybridized carbons (Fsp3) is 0.154. The fourth-order valence-electron chi connectivity index (χ4n) is 2.21. The maximum absolute atomic E-state index is 13.3. The molecular weight excluding hydrogens is 377 g/mol. The van der Waals surface area contributed by atoms with E-state index in [9.17, 15) is 28.1 Å². The standard InChI is InChI=1S/C13H9F3N6O3S/c1-20-6-17-9(22(24)25)10(20)26-12-19-18-11(23)21(12)8-5-3-2-4-7(8)13(14,15)16/h2-6H,1H3,(H,18,23). The molecule has 0 radical (unpaired) electrons. The molecule has 0 aliphatic rings. The van der Waals surface area contributed by atoms with Gasteiger partial charge in [-0.2, -0.15) is 13.2 Å². The second kappa shape index (κ2) is 6.33. The van der Waals surface area contributed by atoms with Crippen LogP contribution in [0.4, 0.5) is 19.0 Å². The van der Waals surface area contributed by atoms with Crippen LogP contribution < -0.4 is 5.69 Å². The maximum Gasteiger partial charge on any atom is 0.418 e. The number of aromatic nitrogens is 5. The third-order valence-electron chi connectivity index (χ3n) is 3.32. The number of halogens is 3. The first-order valence-corrected chi connectivity index (χ1v) is 7.69. The highest BCUT2D eigenvalue weighted by Crippen LogP contribution is 2.36. The minimum Gasteiger partial charge on any atom is -0.358 e. The Morgan fingerprint density at radius 2 is 2.00 bits per heavy atom. The van der Waals surface area contributed by atoms with E-state index in [2.05, 4.69) is 15.2 Å². The van der Waals surface area contributed by atoms with Gasteiger partial charge in [0.25, 0.3) is 0 Å². The monoisotopic (exact) mass is 386 g/mol. The lowest BCUT2D eigenvalue weighted by molar-refractivity contribution is -0.392. The van der Waals surface area contributed by atoms with Gasteiger partial charge in [0.2, 0.25) is 11.5 Å². The number of alkyl halides is 3. The molecule has 9 nitrogen and oxygen atoms in total. The number of benzene rings is 1. The number of hydrogen-bond acceptors (Lipinski definition) is 6. The van der Waals surface area contributed by atoms with Crippen LogP contribution in [0.1, 0.15) is 5.56 Å². The van der Waals surface area contributed by atoms with Crippen LogP contribution in [-0.2, 0) is 13.2 Å². The first-order valence-electron chi connectivity index (χ1n) is 6.87. The predicted molar refractivity (Wildman–Crippen MR) is 83.2 cm³/mol. The molecule has 0 aliphatic heterocycles. The second-order valence-electron chi connectivity index (χ2n) is 5.01. The highest BCUT2D eigenvalue weighted by molar-refractivity contribution is 7.99. The van der Waals surface area contributed by atoms with Crippen molar-refractivity contribution in [2.24, 2.45) is 7.05 Å². The van der Waals surface area contributed by atoms with Gasteiger partial charge in [-0.25, -0.2) is 14.5 Å². The molecule has 0 atom stereocenters. The van der Waals surface area contributed by atoms with Crippen molar-refractivity contribution in [1.82, 2.24) is 24.3 Å². The van der Waals surface area contributed by atoms with Crippen LogP contribution in [0.2, 0.25) is 0 Å². The summed E-state index contributed by atoms with van der Waals surface area (Å²) in [7, 11) is 1.47. The lowest BCUT2D eigenvalue weighted by atomic mass is 10.1. The summed E-state index contributed by atoms with van der Waals surface area (Å²) in [5.74, 6) is -0.497. The molecule has 136 valence electrons. The van der Waals surface area contributed by atoms with Gasteiger partial charge in [0.05, 0.1) is 11.3 Å². The van der Waals surface area contributed by atoms with E-state index in [1.165, 1.54) is 30.1 Å². The molecule has 0 saturated carbocycles. The van der Waals surface area contributed by atoms with Gasteiger partial charge in [0.1, 0.15) is 0 Å². The van der Waals surface area contributed by atoms with E-state index in [0.717, 1.165) is 12.1 Å². The molecule has 3 rings (SSSR count). The van der Waals surface area contributed by atoms with Crippen LogP contribution in [0.5, 0.6) is 0 Å². The molecule has 1 N–H and O–H groups in total. The van der Waals surface area contributed by atoms with E-state index in [4.69, 9.17) is 0 Å². The number of imidazole rings is 1. The summed E-state index contributed by atoms with van der Waals surface area (Å²) in [6.45, 7) is 0. The number of nitrogens with one attached hydrogen (secondary N) is 1. The Kier molecular flexibility index (Phi) is 4.31. The van der Waals surface area contributed by atoms with E-state index in [0.29, 0.717) is 16.3 Å². The van der Waals surface area contributed by atoms with Crippen molar-refractivity contribution in [3.05, 3.63) is 56.8 Å². The topological polar surface area (TPSA) is 112 Å². The average Bonchev–Trinajstić information content (AvgIpc) is 3.10. The smallest absolute Gasteiger partial charge is 0.358 e. The number of aromatic amines is 1. The molecule has 0 saturated heterocycles. The molecule has 0 bridgehead atoms. The Labute approximate surface area is 146 Å². The first kappa shape index (κ1) is 17.7. The van der Waals surface area contributed by atoms with Gasteiger partial charge in [-0.3, -0.25) is 0 Å². The Balaban J connectivity index is 2.15. The van der Waals surface area contributed by atoms with Crippen molar-refractivity contribution in [3.8, 4) is 5.69 Å². The Bertz CT molecular complexity index is 1040. The molecule has 1 aromatic carbocycles. The van der Waals surface area contributed by atoms with Gasteiger partial charge in [0.15, 0.2) is 5.03 Å². The second-order valence-corrected chi connectivity index (χ2v) is 5.96. The van der Waals surface area contributed by atoms with Crippen molar-refractivity contribution in [2.75, 3.05) is 0 Å². The van der Waals surface area contributed by atoms with Crippen molar-refractivity contribution in [3.63, 3.8) is 0 Å². The van der Waals surface area contributed by atoms with E-state index in [1.807, 2.05) is 0 Å². The van der Waals surface area contributed by atoms with Gasteiger partial charge in [-0.1, -0.05) is 12.1 Å². The molecule has 13 heteroatoms. The van der Waals surface area contributed by atoms with Crippen LogP contribution in [-0.4, -0.2) is 29.2 Å². The first-order chi connectivity index (χ1) is 12.2. The number of aryl methyl sites for hydroxylation is 1. The maximum atomic E-state index is 13.3. The van der Waals surface area contributed by atoms with E-state index < -0.39 is 33.9 Å². The quantitative estimate of drug-likeness (QED) is 0.544.